The number of hydrogen-bond donors (Lipinski definition) is 2. The Labute approximate surface area is 232 Å². The summed E-state index contributed by atoms with van der Waals surface area (Å²) in [6.07, 6.45) is -1.79. The fraction of sp³-hybridized carbons (Fsp3) is 0.364. The van der Waals surface area contributed by atoms with Crippen molar-refractivity contribution in [3.63, 3.8) is 0 Å². The van der Waals surface area contributed by atoms with Crippen LogP contribution >= 0.6 is 34.9 Å². The van der Waals surface area contributed by atoms with Crippen molar-refractivity contribution in [1.29, 1.82) is 0 Å². The Bertz CT molecular complexity index is 1330. The number of thioether (sulfide) groups is 2. The van der Waals surface area contributed by atoms with Crippen LogP contribution in [-0.4, -0.2) is 69.1 Å². The molecular weight excluding hydrogens is 581 g/mol. The first kappa shape index (κ1) is 28.7. The number of carboxylic acid groups (broad SMARTS) is 1. The van der Waals surface area contributed by atoms with Crippen molar-refractivity contribution in [2.45, 2.75) is 36.0 Å². The van der Waals surface area contributed by atoms with Gasteiger partial charge in [-0.25, -0.2) is 4.98 Å². The molecule has 2 aromatic rings. The molecule has 2 atom stereocenters. The lowest BCUT2D eigenvalue weighted by molar-refractivity contribution is -0.719. The largest absolute Gasteiger partial charge is 0.543 e. The number of nitrogens with one attached hydrogen (secondary N) is 1. The fourth-order valence-corrected chi connectivity index (χ4v) is 6.66. The minimum atomic E-state index is -4.35. The van der Waals surface area contributed by atoms with Gasteiger partial charge in [-0.15, -0.1) is 34.9 Å². The fourth-order valence-electron chi connectivity index (χ4n) is 3.75. The van der Waals surface area contributed by atoms with E-state index in [2.05, 4.69) is 15.5 Å². The van der Waals surface area contributed by atoms with Crippen LogP contribution in [0.25, 0.3) is 0 Å². The molecule has 0 unspecified atom stereocenters. The van der Waals surface area contributed by atoms with Crippen molar-refractivity contribution < 1.29 is 42.1 Å². The molecule has 0 radical (unpaired) electrons. The van der Waals surface area contributed by atoms with Gasteiger partial charge in [-0.05, 0) is 12.5 Å². The SMILES string of the molecule is CCO/N=C(\C(=O)N[C@@H]1C(=O)N2C(C(=O)[O-])=C(CSc3cc[n+](CC(F)(F)F)cc3)CS[C@H]12)c1csc(N)n1. The number of β-lactam (4-membered cyclic amide) rings is 1. The summed E-state index contributed by atoms with van der Waals surface area (Å²) in [5.41, 5.74) is 5.78. The lowest BCUT2D eigenvalue weighted by Gasteiger charge is -2.50. The smallest absolute Gasteiger partial charge is 0.448 e. The minimum Gasteiger partial charge on any atom is -0.543 e. The summed E-state index contributed by atoms with van der Waals surface area (Å²) in [6, 6.07) is 1.96. The number of alkyl halides is 3. The number of anilines is 1. The lowest BCUT2D eigenvalue weighted by atomic mass is 10.0. The average Bonchev–Trinajstić information content (AvgIpc) is 3.31. The maximum absolute atomic E-state index is 13.0. The average molecular weight is 603 g/mol. The molecule has 0 saturated carbocycles. The summed E-state index contributed by atoms with van der Waals surface area (Å²) < 4.78 is 38.6. The van der Waals surface area contributed by atoms with Crippen molar-refractivity contribution >= 4 is 63.5 Å². The van der Waals surface area contributed by atoms with Crippen LogP contribution in [0.3, 0.4) is 0 Å². The van der Waals surface area contributed by atoms with Gasteiger partial charge in [0.1, 0.15) is 23.7 Å². The Balaban J connectivity index is 1.44. The summed E-state index contributed by atoms with van der Waals surface area (Å²) in [6.45, 7) is 0.732. The molecule has 2 amide bonds. The van der Waals surface area contributed by atoms with Gasteiger partial charge in [0.25, 0.3) is 11.8 Å². The lowest BCUT2D eigenvalue weighted by Crippen LogP contribution is -2.71. The van der Waals surface area contributed by atoms with Crippen molar-refractivity contribution in [2.24, 2.45) is 5.16 Å². The zero-order valence-electron chi connectivity index (χ0n) is 20.1. The number of hydrogen-bond acceptors (Lipinski definition) is 11. The third-order valence-corrected chi connectivity index (χ3v) is 8.54. The van der Waals surface area contributed by atoms with Gasteiger partial charge in [-0.1, -0.05) is 5.16 Å². The van der Waals surface area contributed by atoms with Gasteiger partial charge in [0.2, 0.25) is 6.54 Å². The number of nitrogen functional groups attached to an aromatic ring is 1. The molecule has 0 aliphatic carbocycles. The highest BCUT2D eigenvalue weighted by Gasteiger charge is 2.53. The number of amides is 2. The van der Waals surface area contributed by atoms with E-state index in [1.165, 1.54) is 53.4 Å². The Morgan fingerprint density at radius 1 is 1.38 bits per heavy atom. The molecule has 2 aliphatic heterocycles. The Hall–Kier alpha value is -3.31. The summed E-state index contributed by atoms with van der Waals surface area (Å²) >= 11 is 3.57. The Morgan fingerprint density at radius 3 is 2.69 bits per heavy atom. The van der Waals surface area contributed by atoms with Crippen LogP contribution in [0.1, 0.15) is 12.6 Å². The molecule has 17 heteroatoms. The van der Waals surface area contributed by atoms with Gasteiger partial charge in [0.15, 0.2) is 23.2 Å². The number of fused-ring (bicyclic) bond motifs is 1. The van der Waals surface area contributed by atoms with Gasteiger partial charge in [-0.3, -0.25) is 14.5 Å². The van der Waals surface area contributed by atoms with E-state index >= 15 is 0 Å². The number of aromatic nitrogens is 2. The first-order chi connectivity index (χ1) is 18.5. The number of oxime groups is 1. The maximum atomic E-state index is 13.0. The molecule has 2 aromatic heterocycles. The molecule has 0 spiro atoms. The first-order valence-corrected chi connectivity index (χ1v) is 14.2. The number of carbonyl (C=O) groups excluding carboxylic acids is 3. The van der Waals surface area contributed by atoms with Crippen LogP contribution in [0.15, 0.2) is 51.2 Å². The number of nitrogens with two attached hydrogens (primary N) is 1. The van der Waals surface area contributed by atoms with E-state index in [0.717, 1.165) is 20.8 Å². The highest BCUT2D eigenvalue weighted by molar-refractivity contribution is 8.01. The highest BCUT2D eigenvalue weighted by Crippen LogP contribution is 2.41. The van der Waals surface area contributed by atoms with Gasteiger partial charge in [0.05, 0.1) is 11.7 Å². The molecule has 1 fully saturated rings. The molecule has 2 aliphatic rings. The predicted molar refractivity (Wildman–Crippen MR) is 135 cm³/mol. The molecule has 39 heavy (non-hydrogen) atoms. The van der Waals surface area contributed by atoms with Crippen LogP contribution in [0, 0.1) is 0 Å². The first-order valence-electron chi connectivity index (χ1n) is 11.3. The van der Waals surface area contributed by atoms with Crippen molar-refractivity contribution in [1.82, 2.24) is 15.2 Å². The van der Waals surface area contributed by atoms with Crippen LogP contribution in [0.2, 0.25) is 0 Å². The quantitative estimate of drug-likeness (QED) is 0.130. The second-order valence-electron chi connectivity index (χ2n) is 8.14. The maximum Gasteiger partial charge on any atom is 0.448 e. The molecule has 4 rings (SSSR count). The van der Waals surface area contributed by atoms with E-state index in [1.54, 1.807) is 6.92 Å². The zero-order chi connectivity index (χ0) is 28.3. The second kappa shape index (κ2) is 11.8. The molecular formula is C22H21F3N6O5S3. The van der Waals surface area contributed by atoms with Crippen molar-refractivity contribution in [2.75, 3.05) is 23.8 Å². The normalized spacial score (nSPS) is 19.4. The van der Waals surface area contributed by atoms with E-state index < -0.39 is 41.9 Å². The van der Waals surface area contributed by atoms with Gasteiger partial charge < -0.3 is 25.8 Å². The number of rotatable bonds is 10. The van der Waals surface area contributed by atoms with E-state index in [9.17, 15) is 32.7 Å². The Morgan fingerprint density at radius 2 is 2.10 bits per heavy atom. The standard InChI is InChI=1S/C22H21F3N6O5S3/c1-2-36-29-14(13-9-39-21(26)27-13)17(32)28-15-18(33)31-16(20(34)35)11(8-38-19(15)31)7-37-12-3-5-30(6-4-12)10-22(23,24)25/h3-6,9,15,19H,2,7-8,10H2,1H3,(H3-,26,27,28,32,34,35)/b29-14-/t15-,19-/m1/s1. The summed E-state index contributed by atoms with van der Waals surface area (Å²) in [5.74, 6) is -2.51. The summed E-state index contributed by atoms with van der Waals surface area (Å²) in [7, 11) is 0. The predicted octanol–water partition coefficient (Wildman–Crippen LogP) is 0.512. The molecule has 1 saturated heterocycles. The minimum absolute atomic E-state index is 0.169. The number of carbonyl (C=O) groups is 3. The summed E-state index contributed by atoms with van der Waals surface area (Å²) in [5, 5.41) is 19.4. The number of pyridine rings is 1. The van der Waals surface area contributed by atoms with Gasteiger partial charge in [0, 0.05) is 33.9 Å². The van der Waals surface area contributed by atoms with E-state index in [-0.39, 0.29) is 40.3 Å². The van der Waals surface area contributed by atoms with Gasteiger partial charge in [-0.2, -0.15) is 17.7 Å². The van der Waals surface area contributed by atoms with E-state index in [4.69, 9.17) is 10.6 Å². The van der Waals surface area contributed by atoms with Crippen LogP contribution in [-0.2, 0) is 25.8 Å². The number of thiazole rings is 1. The molecule has 208 valence electrons. The molecule has 11 nitrogen and oxygen atoms in total. The Kier molecular flexibility index (Phi) is 8.70. The van der Waals surface area contributed by atoms with E-state index in [0.29, 0.717) is 10.5 Å². The third kappa shape index (κ3) is 6.65. The molecule has 0 bridgehead atoms. The summed E-state index contributed by atoms with van der Waals surface area (Å²) in [4.78, 5) is 48.6. The third-order valence-electron chi connectivity index (χ3n) is 5.43. The number of aliphatic carboxylic acids is 1. The zero-order valence-corrected chi connectivity index (χ0v) is 22.6. The van der Waals surface area contributed by atoms with Crippen LogP contribution in [0.4, 0.5) is 18.3 Å². The highest BCUT2D eigenvalue weighted by atomic mass is 32.2. The molecule has 3 N–H and O–H groups in total. The van der Waals surface area contributed by atoms with E-state index in [1.807, 2.05) is 0 Å². The van der Waals surface area contributed by atoms with Crippen molar-refractivity contribution in [3.05, 3.63) is 46.9 Å². The topological polar surface area (TPSA) is 154 Å². The number of carboxylic acids is 1. The van der Waals surface area contributed by atoms with Crippen LogP contribution < -0.4 is 20.7 Å². The van der Waals surface area contributed by atoms with Gasteiger partial charge >= 0.3 is 6.18 Å². The molecule has 4 heterocycles. The number of nitrogens with zero attached hydrogens (tertiary/aromatic N) is 4. The second-order valence-corrected chi connectivity index (χ2v) is 11.2. The van der Waals surface area contributed by atoms with Crippen molar-refractivity contribution in [3.8, 4) is 0 Å². The monoisotopic (exact) mass is 602 g/mol. The molecule has 0 aromatic carbocycles. The number of halogens is 3. The van der Waals surface area contributed by atoms with Crippen LogP contribution in [0.5, 0.6) is 0 Å².